The number of benzene rings is 2. The van der Waals surface area contributed by atoms with E-state index in [2.05, 4.69) is 27.6 Å². The van der Waals surface area contributed by atoms with Crippen molar-refractivity contribution in [3.63, 3.8) is 0 Å². The fraction of sp³-hybridized carbons (Fsp3) is 0.158. The molecule has 5 heteroatoms. The summed E-state index contributed by atoms with van der Waals surface area (Å²) in [7, 11) is 0. The summed E-state index contributed by atoms with van der Waals surface area (Å²) in [5, 5.41) is 10.8. The Morgan fingerprint density at radius 3 is 2.88 bits per heavy atom. The molecule has 1 aliphatic carbocycles. The maximum absolute atomic E-state index is 12.6. The van der Waals surface area contributed by atoms with Crippen LogP contribution in [0.3, 0.4) is 0 Å². The van der Waals surface area contributed by atoms with Gasteiger partial charge in [0.25, 0.3) is 5.91 Å². The molecule has 1 aromatic heterocycles. The van der Waals surface area contributed by atoms with E-state index >= 15 is 0 Å². The first-order valence-electron chi connectivity index (χ1n) is 7.86. The van der Waals surface area contributed by atoms with Crippen LogP contribution >= 0.6 is 11.6 Å². The Morgan fingerprint density at radius 1 is 1.21 bits per heavy atom. The summed E-state index contributed by atoms with van der Waals surface area (Å²) < 4.78 is 0. The topological polar surface area (TPSA) is 57.8 Å². The highest BCUT2D eigenvalue weighted by atomic mass is 35.5. The molecular formula is C19H16ClN3O. The van der Waals surface area contributed by atoms with E-state index < -0.39 is 0 Å². The van der Waals surface area contributed by atoms with E-state index in [9.17, 15) is 4.79 Å². The number of H-pyrrole nitrogens is 1. The molecule has 0 radical (unpaired) electrons. The number of amides is 1. The Labute approximate surface area is 144 Å². The standard InChI is InChI=1S/C19H16ClN3O/c1-11-6-8-13(10-16(11)20)21-19(24)18-15-9-7-12-4-2-3-5-14(12)17(15)22-23-18/h2-6,8,10H,7,9H2,1H3,(H,21,24)(H,22,23). The summed E-state index contributed by atoms with van der Waals surface area (Å²) in [6, 6.07) is 13.7. The van der Waals surface area contributed by atoms with Gasteiger partial charge in [0, 0.05) is 21.8 Å². The summed E-state index contributed by atoms with van der Waals surface area (Å²) in [6.45, 7) is 1.93. The van der Waals surface area contributed by atoms with Gasteiger partial charge in [-0.25, -0.2) is 0 Å². The summed E-state index contributed by atoms with van der Waals surface area (Å²) in [6.07, 6.45) is 1.72. The predicted octanol–water partition coefficient (Wildman–Crippen LogP) is 4.39. The fourth-order valence-corrected chi connectivity index (χ4v) is 3.29. The molecule has 24 heavy (non-hydrogen) atoms. The normalized spacial score (nSPS) is 12.4. The number of nitrogens with zero attached hydrogens (tertiary/aromatic N) is 1. The third kappa shape index (κ3) is 2.49. The molecule has 0 spiro atoms. The molecule has 0 atom stereocenters. The van der Waals surface area contributed by atoms with Crippen LogP contribution in [0.5, 0.6) is 0 Å². The maximum Gasteiger partial charge on any atom is 0.273 e. The van der Waals surface area contributed by atoms with Gasteiger partial charge in [-0.15, -0.1) is 0 Å². The van der Waals surface area contributed by atoms with Crippen molar-refractivity contribution >= 4 is 23.2 Å². The van der Waals surface area contributed by atoms with Gasteiger partial charge >= 0.3 is 0 Å². The van der Waals surface area contributed by atoms with Gasteiger partial charge in [-0.2, -0.15) is 5.10 Å². The third-order valence-electron chi connectivity index (χ3n) is 4.44. The van der Waals surface area contributed by atoms with Gasteiger partial charge in [-0.3, -0.25) is 9.89 Å². The van der Waals surface area contributed by atoms with Gasteiger partial charge in [-0.1, -0.05) is 41.9 Å². The number of aryl methyl sites for hydroxylation is 2. The Balaban J connectivity index is 1.65. The molecule has 120 valence electrons. The van der Waals surface area contributed by atoms with Crippen LogP contribution in [0.15, 0.2) is 42.5 Å². The largest absolute Gasteiger partial charge is 0.321 e. The van der Waals surface area contributed by atoms with Crippen LogP contribution in [0.2, 0.25) is 5.02 Å². The van der Waals surface area contributed by atoms with E-state index in [0.717, 1.165) is 35.2 Å². The van der Waals surface area contributed by atoms with Crippen molar-refractivity contribution in [1.82, 2.24) is 10.2 Å². The quantitative estimate of drug-likeness (QED) is 0.728. The highest BCUT2D eigenvalue weighted by molar-refractivity contribution is 6.31. The summed E-state index contributed by atoms with van der Waals surface area (Å²) in [5.74, 6) is -0.192. The molecule has 4 rings (SSSR count). The number of carbonyl (C=O) groups excluding carboxylic acids is 1. The maximum atomic E-state index is 12.6. The van der Waals surface area contributed by atoms with Crippen LogP contribution in [0.25, 0.3) is 11.3 Å². The molecule has 0 aliphatic heterocycles. The number of hydrogen-bond acceptors (Lipinski definition) is 2. The van der Waals surface area contributed by atoms with E-state index in [1.807, 2.05) is 31.2 Å². The Hall–Kier alpha value is -2.59. The molecule has 2 N–H and O–H groups in total. The van der Waals surface area contributed by atoms with Crippen molar-refractivity contribution in [3.8, 4) is 11.3 Å². The highest BCUT2D eigenvalue weighted by Gasteiger charge is 2.25. The zero-order chi connectivity index (χ0) is 16.7. The van der Waals surface area contributed by atoms with Crippen LogP contribution in [-0.4, -0.2) is 16.1 Å². The fourth-order valence-electron chi connectivity index (χ4n) is 3.11. The third-order valence-corrected chi connectivity index (χ3v) is 4.85. The molecule has 0 saturated carbocycles. The first kappa shape index (κ1) is 15.0. The van der Waals surface area contributed by atoms with Gasteiger partial charge in [0.15, 0.2) is 0 Å². The second-order valence-corrected chi connectivity index (χ2v) is 6.41. The lowest BCUT2D eigenvalue weighted by Crippen LogP contribution is -2.15. The molecule has 0 saturated heterocycles. The molecular weight excluding hydrogens is 322 g/mol. The number of rotatable bonds is 2. The second-order valence-electron chi connectivity index (χ2n) is 6.00. The number of halogens is 1. The van der Waals surface area contributed by atoms with Crippen molar-refractivity contribution in [1.29, 1.82) is 0 Å². The van der Waals surface area contributed by atoms with Gasteiger partial charge in [0.2, 0.25) is 0 Å². The Morgan fingerprint density at radius 2 is 2.04 bits per heavy atom. The SMILES string of the molecule is Cc1ccc(NC(=O)c2[nH]nc3c2CCc2ccccc2-3)cc1Cl. The molecule has 1 aliphatic rings. The zero-order valence-electron chi connectivity index (χ0n) is 13.2. The van der Waals surface area contributed by atoms with E-state index in [0.29, 0.717) is 16.4 Å². The van der Waals surface area contributed by atoms with Crippen molar-refractivity contribution in [2.24, 2.45) is 0 Å². The first-order chi connectivity index (χ1) is 11.6. The van der Waals surface area contributed by atoms with Gasteiger partial charge in [-0.05, 0) is 43.0 Å². The van der Waals surface area contributed by atoms with Gasteiger partial charge in [0.1, 0.15) is 5.69 Å². The van der Waals surface area contributed by atoms with Crippen LogP contribution < -0.4 is 5.32 Å². The van der Waals surface area contributed by atoms with Gasteiger partial charge in [0.05, 0.1) is 5.69 Å². The summed E-state index contributed by atoms with van der Waals surface area (Å²) in [5.41, 5.74) is 6.41. The number of aromatic amines is 1. The molecule has 3 aromatic rings. The van der Waals surface area contributed by atoms with E-state index in [4.69, 9.17) is 11.6 Å². The Bertz CT molecular complexity index is 946. The minimum Gasteiger partial charge on any atom is -0.321 e. The highest BCUT2D eigenvalue weighted by Crippen LogP contribution is 2.33. The number of carbonyl (C=O) groups is 1. The predicted molar refractivity (Wildman–Crippen MR) is 95.6 cm³/mol. The first-order valence-corrected chi connectivity index (χ1v) is 8.24. The molecule has 4 nitrogen and oxygen atoms in total. The van der Waals surface area contributed by atoms with Crippen molar-refractivity contribution in [2.75, 3.05) is 5.32 Å². The average Bonchev–Trinajstić information content (AvgIpc) is 3.03. The zero-order valence-corrected chi connectivity index (χ0v) is 13.9. The van der Waals surface area contributed by atoms with E-state index in [1.165, 1.54) is 5.56 Å². The molecule has 1 amide bonds. The van der Waals surface area contributed by atoms with Crippen molar-refractivity contribution in [2.45, 2.75) is 19.8 Å². The minimum absolute atomic E-state index is 0.192. The second kappa shape index (κ2) is 5.80. The lowest BCUT2D eigenvalue weighted by Gasteiger charge is -2.15. The average molecular weight is 338 g/mol. The number of aromatic nitrogens is 2. The number of anilines is 1. The molecule has 0 unspecified atom stereocenters. The minimum atomic E-state index is -0.192. The molecule has 0 fully saturated rings. The number of hydrogen-bond donors (Lipinski definition) is 2. The monoisotopic (exact) mass is 337 g/mol. The lowest BCUT2D eigenvalue weighted by molar-refractivity contribution is 0.102. The number of nitrogens with one attached hydrogen (secondary N) is 2. The van der Waals surface area contributed by atoms with Crippen molar-refractivity contribution < 1.29 is 4.79 Å². The Kier molecular flexibility index (Phi) is 3.62. The summed E-state index contributed by atoms with van der Waals surface area (Å²) >= 11 is 6.12. The lowest BCUT2D eigenvalue weighted by atomic mass is 9.89. The van der Waals surface area contributed by atoms with Crippen LogP contribution in [0.1, 0.15) is 27.2 Å². The van der Waals surface area contributed by atoms with Crippen molar-refractivity contribution in [3.05, 3.63) is 69.9 Å². The van der Waals surface area contributed by atoms with E-state index in [1.54, 1.807) is 6.07 Å². The summed E-state index contributed by atoms with van der Waals surface area (Å²) in [4.78, 5) is 12.6. The van der Waals surface area contributed by atoms with Crippen LogP contribution in [0, 0.1) is 6.92 Å². The van der Waals surface area contributed by atoms with Gasteiger partial charge < -0.3 is 5.32 Å². The van der Waals surface area contributed by atoms with Crippen LogP contribution in [-0.2, 0) is 12.8 Å². The molecule has 0 bridgehead atoms. The van der Waals surface area contributed by atoms with E-state index in [-0.39, 0.29) is 5.91 Å². The molecule has 2 aromatic carbocycles. The smallest absolute Gasteiger partial charge is 0.273 e. The number of fused-ring (bicyclic) bond motifs is 3. The van der Waals surface area contributed by atoms with Crippen LogP contribution in [0.4, 0.5) is 5.69 Å². The molecule has 1 heterocycles.